The molecule has 0 aliphatic carbocycles. The summed E-state index contributed by atoms with van der Waals surface area (Å²) in [6.45, 7) is 3.20. The number of amidine groups is 1. The summed E-state index contributed by atoms with van der Waals surface area (Å²) in [7, 11) is 1.50. The lowest BCUT2D eigenvalue weighted by Gasteiger charge is -2.25. The molecule has 0 spiro atoms. The van der Waals surface area contributed by atoms with Crippen molar-refractivity contribution >= 4 is 34.9 Å². The van der Waals surface area contributed by atoms with Crippen molar-refractivity contribution in [3.05, 3.63) is 64.3 Å². The van der Waals surface area contributed by atoms with Gasteiger partial charge in [0, 0.05) is 19.3 Å². The van der Waals surface area contributed by atoms with Crippen LogP contribution in [0.25, 0.3) is 5.65 Å². The fourth-order valence-electron chi connectivity index (χ4n) is 3.44. The van der Waals surface area contributed by atoms with E-state index in [1.807, 2.05) is 6.92 Å². The first-order chi connectivity index (χ1) is 15.0. The van der Waals surface area contributed by atoms with E-state index in [4.69, 9.17) is 16.3 Å². The lowest BCUT2D eigenvalue weighted by molar-refractivity contribution is 0.0944. The van der Waals surface area contributed by atoms with Crippen LogP contribution in [0.1, 0.15) is 28.7 Å². The van der Waals surface area contributed by atoms with Gasteiger partial charge in [0.2, 0.25) is 0 Å². The van der Waals surface area contributed by atoms with Gasteiger partial charge >= 0.3 is 6.02 Å². The average molecular weight is 445 g/mol. The van der Waals surface area contributed by atoms with Crippen molar-refractivity contribution < 1.29 is 13.9 Å². The second-order valence-electron chi connectivity index (χ2n) is 6.96. The van der Waals surface area contributed by atoms with Gasteiger partial charge in [0.25, 0.3) is 5.91 Å². The van der Waals surface area contributed by atoms with Crippen molar-refractivity contribution in [2.45, 2.75) is 19.9 Å². The summed E-state index contributed by atoms with van der Waals surface area (Å²) in [4.78, 5) is 17.4. The van der Waals surface area contributed by atoms with Crippen molar-refractivity contribution in [2.75, 3.05) is 25.2 Å². The molecule has 0 fully saturated rings. The number of hydrazone groups is 1. The van der Waals surface area contributed by atoms with Crippen molar-refractivity contribution in [1.82, 2.24) is 20.0 Å². The Bertz CT molecular complexity index is 1160. The van der Waals surface area contributed by atoms with E-state index in [1.165, 1.54) is 13.2 Å². The van der Waals surface area contributed by atoms with Crippen LogP contribution in [0.3, 0.4) is 0 Å². The molecule has 2 aromatic heterocycles. The van der Waals surface area contributed by atoms with Crippen LogP contribution < -0.4 is 15.6 Å². The van der Waals surface area contributed by atoms with E-state index >= 15 is 0 Å². The zero-order valence-electron chi connectivity index (χ0n) is 17.2. The maximum absolute atomic E-state index is 14.7. The minimum Gasteiger partial charge on any atom is -0.467 e. The molecule has 162 valence electrons. The first-order valence-corrected chi connectivity index (χ1v) is 10.2. The number of hydrogen-bond acceptors (Lipinski definition) is 6. The molecule has 31 heavy (non-hydrogen) atoms. The number of nitrogens with zero attached hydrogens (tertiary/aromatic N) is 4. The van der Waals surface area contributed by atoms with Gasteiger partial charge in [-0.3, -0.25) is 14.2 Å². The summed E-state index contributed by atoms with van der Waals surface area (Å²) in [6, 6.07) is 8.63. The summed E-state index contributed by atoms with van der Waals surface area (Å²) >= 11 is 6.09. The minimum atomic E-state index is -0.427. The first-order valence-electron chi connectivity index (χ1n) is 9.87. The Balaban J connectivity index is 1.51. The molecule has 3 aromatic rings. The van der Waals surface area contributed by atoms with Crippen molar-refractivity contribution in [3.63, 3.8) is 0 Å². The third kappa shape index (κ3) is 4.27. The maximum atomic E-state index is 14.7. The third-order valence-electron chi connectivity index (χ3n) is 4.95. The monoisotopic (exact) mass is 444 g/mol. The second kappa shape index (κ2) is 8.81. The number of benzene rings is 1. The predicted molar refractivity (Wildman–Crippen MR) is 117 cm³/mol. The molecule has 2 N–H and O–H groups in total. The molecule has 1 amide bonds. The standard InChI is InChI=1S/C21H22ClFN6O2/c1-3-16-19(28-12-14(22)5-7-18(28)26-16)20(30)25-11-13-4-6-17(15(23)10-13)29-9-8-24-21(27-29)31-2/h4-7,10,12H,3,8-9,11H2,1-2H3,(H,24,27)(H,25,30). The van der Waals surface area contributed by atoms with Crippen molar-refractivity contribution in [3.8, 4) is 0 Å². The van der Waals surface area contributed by atoms with E-state index < -0.39 is 5.82 Å². The number of nitrogens with one attached hydrogen (secondary N) is 2. The van der Waals surface area contributed by atoms with Gasteiger partial charge in [-0.25, -0.2) is 9.37 Å². The average Bonchev–Trinajstić information content (AvgIpc) is 3.15. The van der Waals surface area contributed by atoms with Gasteiger partial charge in [0.05, 0.1) is 30.1 Å². The van der Waals surface area contributed by atoms with E-state index in [9.17, 15) is 9.18 Å². The highest BCUT2D eigenvalue weighted by Crippen LogP contribution is 2.22. The molecule has 1 aliphatic rings. The highest BCUT2D eigenvalue weighted by atomic mass is 35.5. The number of rotatable bonds is 5. The van der Waals surface area contributed by atoms with Crippen LogP contribution in [0.4, 0.5) is 10.1 Å². The van der Waals surface area contributed by atoms with E-state index in [1.54, 1.807) is 39.9 Å². The summed E-state index contributed by atoms with van der Waals surface area (Å²) < 4.78 is 21.5. The molecule has 3 heterocycles. The maximum Gasteiger partial charge on any atom is 0.306 e. The van der Waals surface area contributed by atoms with Crippen molar-refractivity contribution in [2.24, 2.45) is 5.10 Å². The lowest BCUT2D eigenvalue weighted by Crippen LogP contribution is -2.41. The Hall–Kier alpha value is -3.33. The highest BCUT2D eigenvalue weighted by molar-refractivity contribution is 6.30. The van der Waals surface area contributed by atoms with Gasteiger partial charge in [-0.05, 0) is 36.2 Å². The molecule has 8 nitrogen and oxygen atoms in total. The van der Waals surface area contributed by atoms with Gasteiger partial charge < -0.3 is 15.4 Å². The number of aryl methyl sites for hydroxylation is 1. The normalized spacial score (nSPS) is 13.7. The summed E-state index contributed by atoms with van der Waals surface area (Å²) in [6.07, 6.45) is 2.26. The zero-order chi connectivity index (χ0) is 22.0. The molecule has 0 bridgehead atoms. The predicted octanol–water partition coefficient (Wildman–Crippen LogP) is 2.95. The number of hydrogen-bond donors (Lipinski definition) is 2. The molecule has 0 unspecified atom stereocenters. The van der Waals surface area contributed by atoms with Gasteiger partial charge in [0.15, 0.2) is 0 Å². The number of amides is 1. The van der Waals surface area contributed by atoms with Crippen LogP contribution in [0.5, 0.6) is 0 Å². The van der Waals surface area contributed by atoms with E-state index in [0.717, 1.165) is 0 Å². The number of pyridine rings is 1. The number of halogens is 2. The first kappa shape index (κ1) is 20.9. The Labute approximate surface area is 183 Å². The molecular weight excluding hydrogens is 423 g/mol. The van der Waals surface area contributed by atoms with E-state index in [-0.39, 0.29) is 12.5 Å². The number of aromatic nitrogens is 2. The molecular formula is C21H22ClFN6O2. The summed E-state index contributed by atoms with van der Waals surface area (Å²) in [5.74, 6) is -0.726. The van der Waals surface area contributed by atoms with E-state index in [0.29, 0.717) is 58.8 Å². The Morgan fingerprint density at radius 3 is 2.94 bits per heavy atom. The van der Waals surface area contributed by atoms with Gasteiger partial charge in [-0.2, -0.15) is 0 Å². The Morgan fingerprint density at radius 2 is 2.19 bits per heavy atom. The topological polar surface area (TPSA) is 83.3 Å². The van der Waals surface area contributed by atoms with Crippen LogP contribution in [-0.4, -0.2) is 41.5 Å². The number of anilines is 1. The Morgan fingerprint density at radius 1 is 1.35 bits per heavy atom. The van der Waals surface area contributed by atoms with Gasteiger partial charge in [0.1, 0.15) is 17.2 Å². The number of ether oxygens (including phenoxy) is 1. The van der Waals surface area contributed by atoms with Crippen molar-refractivity contribution in [1.29, 1.82) is 0 Å². The smallest absolute Gasteiger partial charge is 0.306 e. The molecule has 0 saturated carbocycles. The number of methoxy groups -OCH3 is 1. The zero-order valence-corrected chi connectivity index (χ0v) is 17.9. The van der Waals surface area contributed by atoms with Crippen LogP contribution >= 0.6 is 11.6 Å². The number of imidazole rings is 1. The molecule has 1 aromatic carbocycles. The Kier molecular flexibility index (Phi) is 5.94. The molecule has 0 atom stereocenters. The minimum absolute atomic E-state index is 0.168. The number of fused-ring (bicyclic) bond motifs is 1. The van der Waals surface area contributed by atoms with Crippen LogP contribution in [0, 0.1) is 5.82 Å². The second-order valence-corrected chi connectivity index (χ2v) is 7.40. The molecule has 1 aliphatic heterocycles. The lowest BCUT2D eigenvalue weighted by atomic mass is 10.1. The molecule has 4 rings (SSSR count). The molecule has 10 heteroatoms. The fourth-order valence-corrected chi connectivity index (χ4v) is 3.60. The van der Waals surface area contributed by atoms with Crippen LogP contribution in [0.15, 0.2) is 41.6 Å². The largest absolute Gasteiger partial charge is 0.467 e. The SMILES string of the molecule is CCc1nc2ccc(Cl)cn2c1C(=O)NCc1ccc(N2CCNC(OC)=N2)c(F)c1. The molecule has 0 saturated heterocycles. The van der Waals surface area contributed by atoms with Gasteiger partial charge in [-0.15, -0.1) is 5.10 Å². The number of carbonyl (C=O) groups is 1. The summed E-state index contributed by atoms with van der Waals surface area (Å²) in [5.41, 5.74) is 2.72. The van der Waals surface area contributed by atoms with Crippen LogP contribution in [-0.2, 0) is 17.7 Å². The van der Waals surface area contributed by atoms with E-state index in [2.05, 4.69) is 20.7 Å². The quantitative estimate of drug-likeness (QED) is 0.632. The summed E-state index contributed by atoms with van der Waals surface area (Å²) in [5, 5.41) is 12.1. The number of carbonyl (C=O) groups excluding carboxylic acids is 1. The van der Waals surface area contributed by atoms with Crippen LogP contribution in [0.2, 0.25) is 5.02 Å². The third-order valence-corrected chi connectivity index (χ3v) is 5.18. The fraction of sp³-hybridized carbons (Fsp3) is 0.286. The highest BCUT2D eigenvalue weighted by Gasteiger charge is 2.20. The molecule has 0 radical (unpaired) electrons. The van der Waals surface area contributed by atoms with Gasteiger partial charge in [-0.1, -0.05) is 24.6 Å².